The summed E-state index contributed by atoms with van der Waals surface area (Å²) in [7, 11) is 0. The summed E-state index contributed by atoms with van der Waals surface area (Å²) in [5, 5.41) is 4.58. The molecule has 6 heteroatoms. The maximum atomic E-state index is 5.00. The Morgan fingerprint density at radius 3 is 1.36 bits per heavy atom. The SMILES string of the molecule is c1ccc(-c2cc(-c3ccccn3)nc(-c3ccc(-c4nc(-c5ccc6ccccc6c5)nc(-c5ccc6ccccc6c5)n4)cn3)c2)cc1. The Kier molecular flexibility index (Phi) is 7.37. The van der Waals surface area contributed by atoms with Gasteiger partial charge < -0.3 is 0 Å². The number of benzene rings is 5. The lowest BCUT2D eigenvalue weighted by Gasteiger charge is -2.11. The molecule has 4 heterocycles. The molecule has 0 aliphatic heterocycles. The lowest BCUT2D eigenvalue weighted by molar-refractivity contribution is 1.07. The van der Waals surface area contributed by atoms with Crippen molar-refractivity contribution in [1.29, 1.82) is 0 Å². The molecule has 9 aromatic rings. The summed E-state index contributed by atoms with van der Waals surface area (Å²) in [5.74, 6) is 1.75. The van der Waals surface area contributed by atoms with E-state index in [-0.39, 0.29) is 0 Å². The minimum Gasteiger partial charge on any atom is -0.255 e. The van der Waals surface area contributed by atoms with Crippen LogP contribution >= 0.6 is 0 Å². The molecule has 0 N–H and O–H groups in total. The Morgan fingerprint density at radius 2 is 0.800 bits per heavy atom. The van der Waals surface area contributed by atoms with Crippen LogP contribution in [0, 0.1) is 0 Å². The molecule has 0 fully saturated rings. The van der Waals surface area contributed by atoms with Crippen LogP contribution in [0.3, 0.4) is 0 Å². The predicted octanol–water partition coefficient (Wildman–Crippen LogP) is 10.4. The first kappa shape index (κ1) is 29.2. The highest BCUT2D eigenvalue weighted by Gasteiger charge is 2.15. The molecule has 0 aliphatic rings. The minimum absolute atomic E-state index is 0.547. The van der Waals surface area contributed by atoms with Crippen LogP contribution in [-0.4, -0.2) is 29.9 Å². The average molecular weight is 641 g/mol. The third-order valence-electron chi connectivity index (χ3n) is 8.79. The van der Waals surface area contributed by atoms with Gasteiger partial charge in [0.25, 0.3) is 0 Å². The molecular weight excluding hydrogens is 613 g/mol. The van der Waals surface area contributed by atoms with Gasteiger partial charge in [0.15, 0.2) is 17.5 Å². The fraction of sp³-hybridized carbons (Fsp3) is 0. The van der Waals surface area contributed by atoms with Crippen LogP contribution in [0.2, 0.25) is 0 Å². The maximum Gasteiger partial charge on any atom is 0.165 e. The molecule has 0 spiro atoms. The fourth-order valence-corrected chi connectivity index (χ4v) is 6.20. The van der Waals surface area contributed by atoms with Crippen LogP contribution in [-0.2, 0) is 0 Å². The van der Waals surface area contributed by atoms with Gasteiger partial charge >= 0.3 is 0 Å². The van der Waals surface area contributed by atoms with Crippen molar-refractivity contribution in [2.75, 3.05) is 0 Å². The number of hydrogen-bond acceptors (Lipinski definition) is 6. The summed E-state index contributed by atoms with van der Waals surface area (Å²) < 4.78 is 0. The zero-order valence-electron chi connectivity index (χ0n) is 26.8. The predicted molar refractivity (Wildman–Crippen MR) is 201 cm³/mol. The third kappa shape index (κ3) is 5.76. The third-order valence-corrected chi connectivity index (χ3v) is 8.79. The van der Waals surface area contributed by atoms with Crippen molar-refractivity contribution in [1.82, 2.24) is 29.9 Å². The summed E-state index contributed by atoms with van der Waals surface area (Å²) in [4.78, 5) is 29.4. The van der Waals surface area contributed by atoms with Gasteiger partial charge in [0.05, 0.1) is 22.8 Å². The molecule has 6 nitrogen and oxygen atoms in total. The second kappa shape index (κ2) is 12.6. The normalized spacial score (nSPS) is 11.2. The van der Waals surface area contributed by atoms with E-state index < -0.39 is 0 Å². The van der Waals surface area contributed by atoms with Crippen LogP contribution < -0.4 is 0 Å². The van der Waals surface area contributed by atoms with Crippen molar-refractivity contribution < 1.29 is 0 Å². The molecule has 50 heavy (non-hydrogen) atoms. The fourth-order valence-electron chi connectivity index (χ4n) is 6.20. The van der Waals surface area contributed by atoms with Crippen LogP contribution in [0.15, 0.2) is 170 Å². The largest absolute Gasteiger partial charge is 0.255 e. The van der Waals surface area contributed by atoms with E-state index in [2.05, 4.69) is 89.9 Å². The number of fused-ring (bicyclic) bond motifs is 2. The highest BCUT2D eigenvalue weighted by atomic mass is 15.0. The Balaban J connectivity index is 1.15. The van der Waals surface area contributed by atoms with Gasteiger partial charge in [-0.1, -0.05) is 109 Å². The highest BCUT2D eigenvalue weighted by Crippen LogP contribution is 2.31. The number of hydrogen-bond donors (Lipinski definition) is 0. The molecule has 0 unspecified atom stereocenters. The minimum atomic E-state index is 0.547. The molecule has 0 amide bonds. The topological polar surface area (TPSA) is 77.3 Å². The van der Waals surface area contributed by atoms with Gasteiger partial charge in [0, 0.05) is 29.1 Å². The van der Waals surface area contributed by atoms with E-state index in [0.29, 0.717) is 17.5 Å². The monoisotopic (exact) mass is 640 g/mol. The number of rotatable bonds is 6. The molecule has 0 radical (unpaired) electrons. The molecule has 234 valence electrons. The van der Waals surface area contributed by atoms with Crippen molar-refractivity contribution in [3.63, 3.8) is 0 Å². The summed E-state index contributed by atoms with van der Waals surface area (Å²) in [5.41, 5.74) is 7.83. The van der Waals surface area contributed by atoms with Crippen molar-refractivity contribution in [3.05, 3.63) is 170 Å². The van der Waals surface area contributed by atoms with Gasteiger partial charge in [0.1, 0.15) is 0 Å². The first-order valence-electron chi connectivity index (χ1n) is 16.4. The van der Waals surface area contributed by atoms with E-state index >= 15 is 0 Å². The second-order valence-corrected chi connectivity index (χ2v) is 12.1. The summed E-state index contributed by atoms with van der Waals surface area (Å²) in [6.07, 6.45) is 3.60. The van der Waals surface area contributed by atoms with E-state index in [1.54, 1.807) is 6.20 Å². The van der Waals surface area contributed by atoms with Gasteiger partial charge in [-0.15, -0.1) is 0 Å². The first-order chi connectivity index (χ1) is 24.7. The molecule has 9 rings (SSSR count). The van der Waals surface area contributed by atoms with Crippen molar-refractivity contribution in [2.45, 2.75) is 0 Å². The quantitative estimate of drug-likeness (QED) is 0.180. The molecule has 0 bridgehead atoms. The molecule has 0 saturated heterocycles. The van der Waals surface area contributed by atoms with Crippen LogP contribution in [0.1, 0.15) is 0 Å². The van der Waals surface area contributed by atoms with Crippen molar-refractivity contribution >= 4 is 21.5 Å². The number of aromatic nitrogens is 6. The first-order valence-corrected chi connectivity index (χ1v) is 16.4. The maximum absolute atomic E-state index is 5.00. The van der Waals surface area contributed by atoms with E-state index in [0.717, 1.165) is 72.1 Å². The van der Waals surface area contributed by atoms with Gasteiger partial charge in [-0.05, 0) is 81.2 Å². The van der Waals surface area contributed by atoms with Gasteiger partial charge in [-0.2, -0.15) is 0 Å². The van der Waals surface area contributed by atoms with E-state index in [4.69, 9.17) is 24.9 Å². The van der Waals surface area contributed by atoms with Gasteiger partial charge in [-0.3, -0.25) is 9.97 Å². The molecule has 0 saturated carbocycles. The van der Waals surface area contributed by atoms with Gasteiger partial charge in [0.2, 0.25) is 0 Å². The molecule has 0 atom stereocenters. The molecule has 0 aliphatic carbocycles. The number of pyridine rings is 3. The average Bonchev–Trinajstić information content (AvgIpc) is 3.21. The van der Waals surface area contributed by atoms with Crippen molar-refractivity contribution in [3.8, 4) is 68.1 Å². The highest BCUT2D eigenvalue weighted by molar-refractivity contribution is 5.88. The summed E-state index contributed by atoms with van der Waals surface area (Å²) in [6, 6.07) is 53.5. The Hall–Kier alpha value is -6.92. The Labute approximate surface area is 288 Å². The molecular formula is C44H28N6. The zero-order chi connectivity index (χ0) is 33.3. The lowest BCUT2D eigenvalue weighted by atomic mass is 10.0. The lowest BCUT2D eigenvalue weighted by Crippen LogP contribution is -2.01. The van der Waals surface area contributed by atoms with E-state index in [1.165, 1.54) is 0 Å². The van der Waals surface area contributed by atoms with E-state index in [1.807, 2.05) is 79.0 Å². The van der Waals surface area contributed by atoms with Gasteiger partial charge in [-0.25, -0.2) is 19.9 Å². The molecule has 4 aromatic heterocycles. The smallest absolute Gasteiger partial charge is 0.165 e. The van der Waals surface area contributed by atoms with Crippen LogP contribution in [0.25, 0.3) is 89.6 Å². The summed E-state index contributed by atoms with van der Waals surface area (Å²) in [6.45, 7) is 0. The van der Waals surface area contributed by atoms with Crippen molar-refractivity contribution in [2.24, 2.45) is 0 Å². The molecule has 5 aromatic carbocycles. The summed E-state index contributed by atoms with van der Waals surface area (Å²) >= 11 is 0. The standard InChI is InChI=1S/C44H28N6/c1-2-10-29(11-3-1)37-26-40(38-16-8-9-23-45-38)47-41(27-37)39-22-21-36(28-46-39)44-49-42(34-19-17-30-12-4-6-14-32(30)24-34)48-43(50-44)35-20-18-31-13-5-7-15-33(31)25-35/h1-28H. The van der Waals surface area contributed by atoms with Crippen LogP contribution in [0.4, 0.5) is 0 Å². The number of nitrogens with zero attached hydrogens (tertiary/aromatic N) is 6. The zero-order valence-corrected chi connectivity index (χ0v) is 26.8. The second-order valence-electron chi connectivity index (χ2n) is 12.1. The Morgan fingerprint density at radius 1 is 0.280 bits per heavy atom. The van der Waals surface area contributed by atoms with E-state index in [9.17, 15) is 0 Å². The Bertz CT molecular complexity index is 2480. The van der Waals surface area contributed by atoms with Crippen LogP contribution in [0.5, 0.6) is 0 Å².